The van der Waals surface area contributed by atoms with E-state index < -0.39 is 29.6 Å². The van der Waals surface area contributed by atoms with Crippen molar-refractivity contribution in [2.75, 3.05) is 0 Å². The molecule has 2 N–H and O–H groups in total. The summed E-state index contributed by atoms with van der Waals surface area (Å²) in [6.07, 6.45) is 0. The number of benzene rings is 1. The maximum atomic E-state index is 13.0. The second-order valence-electron chi connectivity index (χ2n) is 4.28. The third-order valence-corrected chi connectivity index (χ3v) is 2.79. The molecule has 0 radical (unpaired) electrons. The van der Waals surface area contributed by atoms with Crippen LogP contribution in [-0.4, -0.2) is 23.0 Å². The van der Waals surface area contributed by atoms with Gasteiger partial charge in [-0.15, -0.1) is 0 Å². The van der Waals surface area contributed by atoms with Crippen LogP contribution in [0.3, 0.4) is 0 Å². The fourth-order valence-electron chi connectivity index (χ4n) is 1.43. The highest BCUT2D eigenvalue weighted by atomic mass is 35.5. The lowest BCUT2D eigenvalue weighted by Crippen LogP contribution is -2.44. The number of carbonyl (C=O) groups is 2. The zero-order valence-corrected chi connectivity index (χ0v) is 11.0. The van der Waals surface area contributed by atoms with Gasteiger partial charge in [-0.25, -0.2) is 13.6 Å². The molecule has 0 fully saturated rings. The maximum Gasteiger partial charge on any atom is 0.326 e. The molecule has 7 heteroatoms. The first-order valence-electron chi connectivity index (χ1n) is 5.42. The van der Waals surface area contributed by atoms with Gasteiger partial charge in [0, 0.05) is 0 Å². The molecule has 1 amide bonds. The van der Waals surface area contributed by atoms with E-state index in [1.54, 1.807) is 13.8 Å². The van der Waals surface area contributed by atoms with E-state index in [4.69, 9.17) is 16.7 Å². The molecule has 104 valence electrons. The molecule has 0 saturated carbocycles. The number of carbonyl (C=O) groups excluding carboxylic acids is 1. The minimum Gasteiger partial charge on any atom is -0.480 e. The fraction of sp³-hybridized carbons (Fsp3) is 0.333. The minimum atomic E-state index is -1.23. The molecule has 1 aromatic carbocycles. The Morgan fingerprint density at radius 2 is 1.79 bits per heavy atom. The summed E-state index contributed by atoms with van der Waals surface area (Å²) in [5.41, 5.74) is -0.313. The summed E-state index contributed by atoms with van der Waals surface area (Å²) < 4.78 is 25.9. The summed E-state index contributed by atoms with van der Waals surface area (Å²) in [4.78, 5) is 22.7. The Hall–Kier alpha value is -1.69. The predicted molar refractivity (Wildman–Crippen MR) is 65.1 cm³/mol. The lowest BCUT2D eigenvalue weighted by atomic mass is 10.0. The maximum absolute atomic E-state index is 13.0. The SMILES string of the molecule is CC(C)[C@@H](NC(=O)c1cc(F)c(F)cc1Cl)C(=O)O. The Morgan fingerprint density at radius 3 is 2.26 bits per heavy atom. The molecule has 0 aliphatic carbocycles. The third kappa shape index (κ3) is 3.64. The number of amides is 1. The average Bonchev–Trinajstić information content (AvgIpc) is 2.29. The van der Waals surface area contributed by atoms with E-state index in [0.29, 0.717) is 12.1 Å². The molecule has 1 rings (SSSR count). The standard InChI is InChI=1S/C12H12ClF2NO3/c1-5(2)10(12(18)19)16-11(17)6-3-8(14)9(15)4-7(6)13/h3-5,10H,1-2H3,(H,16,17)(H,18,19)/t10-/m1/s1. The summed E-state index contributed by atoms with van der Waals surface area (Å²) in [7, 11) is 0. The fourth-order valence-corrected chi connectivity index (χ4v) is 1.67. The van der Waals surface area contributed by atoms with Crippen molar-refractivity contribution in [1.29, 1.82) is 0 Å². The van der Waals surface area contributed by atoms with Gasteiger partial charge in [-0.1, -0.05) is 25.4 Å². The van der Waals surface area contributed by atoms with Crippen molar-refractivity contribution in [3.8, 4) is 0 Å². The minimum absolute atomic E-state index is 0.288. The van der Waals surface area contributed by atoms with E-state index >= 15 is 0 Å². The van der Waals surface area contributed by atoms with Crippen LogP contribution >= 0.6 is 11.6 Å². The number of hydrogen-bond acceptors (Lipinski definition) is 2. The highest BCUT2D eigenvalue weighted by Crippen LogP contribution is 2.20. The van der Waals surface area contributed by atoms with Crippen molar-refractivity contribution < 1.29 is 23.5 Å². The monoisotopic (exact) mass is 291 g/mol. The Bertz CT molecular complexity index is 520. The van der Waals surface area contributed by atoms with Crippen molar-refractivity contribution >= 4 is 23.5 Å². The number of aliphatic carboxylic acids is 1. The topological polar surface area (TPSA) is 66.4 Å². The van der Waals surface area contributed by atoms with Crippen LogP contribution in [0.25, 0.3) is 0 Å². The van der Waals surface area contributed by atoms with Gasteiger partial charge >= 0.3 is 5.97 Å². The van der Waals surface area contributed by atoms with Crippen LogP contribution in [0.2, 0.25) is 5.02 Å². The van der Waals surface area contributed by atoms with Gasteiger partial charge in [0.1, 0.15) is 6.04 Å². The summed E-state index contributed by atoms with van der Waals surface area (Å²) in [6.45, 7) is 3.21. The molecule has 0 aliphatic rings. The van der Waals surface area contributed by atoms with Crippen molar-refractivity contribution in [3.63, 3.8) is 0 Å². The Balaban J connectivity index is 3.01. The van der Waals surface area contributed by atoms with Crippen LogP contribution in [-0.2, 0) is 4.79 Å². The Morgan fingerprint density at radius 1 is 1.26 bits per heavy atom. The van der Waals surface area contributed by atoms with Crippen LogP contribution in [0.5, 0.6) is 0 Å². The lowest BCUT2D eigenvalue weighted by molar-refractivity contribution is -0.140. The van der Waals surface area contributed by atoms with E-state index in [1.165, 1.54) is 0 Å². The third-order valence-electron chi connectivity index (χ3n) is 2.47. The van der Waals surface area contributed by atoms with Gasteiger partial charge in [0.2, 0.25) is 0 Å². The summed E-state index contributed by atoms with van der Waals surface area (Å²) in [5, 5.41) is 10.8. The number of halogens is 3. The Labute approximate surface area is 113 Å². The Kier molecular flexibility index (Phi) is 4.83. The summed E-state index contributed by atoms with van der Waals surface area (Å²) in [6, 6.07) is 0.153. The first-order valence-corrected chi connectivity index (χ1v) is 5.80. The van der Waals surface area contributed by atoms with Gasteiger partial charge in [-0.2, -0.15) is 0 Å². The number of hydrogen-bond donors (Lipinski definition) is 2. The van der Waals surface area contributed by atoms with Gasteiger partial charge in [0.25, 0.3) is 5.91 Å². The number of nitrogens with one attached hydrogen (secondary N) is 1. The van der Waals surface area contributed by atoms with E-state index in [1.807, 2.05) is 0 Å². The van der Waals surface area contributed by atoms with Crippen LogP contribution in [0.4, 0.5) is 8.78 Å². The molecule has 0 spiro atoms. The van der Waals surface area contributed by atoms with Gasteiger partial charge < -0.3 is 10.4 Å². The molecule has 1 aromatic rings. The molecular formula is C12H12ClF2NO3. The lowest BCUT2D eigenvalue weighted by Gasteiger charge is -2.18. The zero-order valence-electron chi connectivity index (χ0n) is 10.2. The first kappa shape index (κ1) is 15.4. The van der Waals surface area contributed by atoms with E-state index in [2.05, 4.69) is 5.32 Å². The molecule has 0 saturated heterocycles. The normalized spacial score (nSPS) is 12.3. The second-order valence-corrected chi connectivity index (χ2v) is 4.69. The van der Waals surface area contributed by atoms with Crippen LogP contribution < -0.4 is 5.32 Å². The van der Waals surface area contributed by atoms with E-state index in [-0.39, 0.29) is 16.5 Å². The molecule has 0 aromatic heterocycles. The zero-order chi connectivity index (χ0) is 14.7. The van der Waals surface area contributed by atoms with Crippen molar-refractivity contribution in [2.45, 2.75) is 19.9 Å². The van der Waals surface area contributed by atoms with Crippen LogP contribution in [0.1, 0.15) is 24.2 Å². The molecule has 1 atom stereocenters. The summed E-state index contributed by atoms with van der Waals surface area (Å²) >= 11 is 5.62. The van der Waals surface area contributed by atoms with E-state index in [0.717, 1.165) is 0 Å². The number of carboxylic acids is 1. The predicted octanol–water partition coefficient (Wildman–Crippen LogP) is 2.46. The number of carboxylic acid groups (broad SMARTS) is 1. The average molecular weight is 292 g/mol. The number of rotatable bonds is 4. The van der Waals surface area contributed by atoms with Gasteiger partial charge in [-0.05, 0) is 18.1 Å². The molecular weight excluding hydrogens is 280 g/mol. The smallest absolute Gasteiger partial charge is 0.326 e. The molecule has 19 heavy (non-hydrogen) atoms. The summed E-state index contributed by atoms with van der Waals surface area (Å²) in [5.74, 6) is -4.87. The van der Waals surface area contributed by atoms with E-state index in [9.17, 15) is 18.4 Å². The molecule has 0 unspecified atom stereocenters. The van der Waals surface area contributed by atoms with Crippen molar-refractivity contribution in [3.05, 3.63) is 34.4 Å². The molecule has 0 bridgehead atoms. The van der Waals surface area contributed by atoms with Gasteiger partial charge in [-0.3, -0.25) is 4.79 Å². The highest BCUT2D eigenvalue weighted by molar-refractivity contribution is 6.33. The van der Waals surface area contributed by atoms with Crippen LogP contribution in [0, 0.1) is 17.6 Å². The van der Waals surface area contributed by atoms with Crippen molar-refractivity contribution in [2.24, 2.45) is 5.92 Å². The van der Waals surface area contributed by atoms with Gasteiger partial charge in [0.05, 0.1) is 10.6 Å². The first-order chi connectivity index (χ1) is 8.73. The van der Waals surface area contributed by atoms with Gasteiger partial charge in [0.15, 0.2) is 11.6 Å². The quantitative estimate of drug-likeness (QED) is 0.838. The highest BCUT2D eigenvalue weighted by Gasteiger charge is 2.25. The molecule has 4 nitrogen and oxygen atoms in total. The van der Waals surface area contributed by atoms with Crippen molar-refractivity contribution in [1.82, 2.24) is 5.32 Å². The van der Waals surface area contributed by atoms with Crippen LogP contribution in [0.15, 0.2) is 12.1 Å². The molecule has 0 aliphatic heterocycles. The second kappa shape index (κ2) is 5.97. The largest absolute Gasteiger partial charge is 0.480 e. The molecule has 0 heterocycles.